The summed E-state index contributed by atoms with van der Waals surface area (Å²) in [5.41, 5.74) is 0.890. The lowest BCUT2D eigenvalue weighted by atomic mass is 9.99. The molecular formula is C14H18N2O2. The molecule has 1 aromatic carbocycles. The topological polar surface area (TPSA) is 53.3 Å². The Kier molecular flexibility index (Phi) is 5.19. The summed E-state index contributed by atoms with van der Waals surface area (Å²) in [5.74, 6) is -0.0998. The van der Waals surface area contributed by atoms with Crippen molar-refractivity contribution in [2.24, 2.45) is 5.92 Å². The minimum Gasteiger partial charge on any atom is -0.494 e. The van der Waals surface area contributed by atoms with Crippen molar-refractivity contribution in [1.82, 2.24) is 4.90 Å². The van der Waals surface area contributed by atoms with Crippen LogP contribution in [0.15, 0.2) is 24.3 Å². The third kappa shape index (κ3) is 3.49. The molecule has 0 aliphatic rings. The lowest BCUT2D eigenvalue weighted by Crippen LogP contribution is -2.30. The Hall–Kier alpha value is -2.02. The second kappa shape index (κ2) is 6.65. The van der Waals surface area contributed by atoms with Gasteiger partial charge in [0.05, 0.1) is 12.7 Å². The van der Waals surface area contributed by atoms with Crippen molar-refractivity contribution in [3.63, 3.8) is 0 Å². The van der Waals surface area contributed by atoms with Gasteiger partial charge in [0.1, 0.15) is 11.7 Å². The van der Waals surface area contributed by atoms with Gasteiger partial charge >= 0.3 is 0 Å². The lowest BCUT2D eigenvalue weighted by Gasteiger charge is -2.16. The maximum Gasteiger partial charge on any atom is 0.239 e. The van der Waals surface area contributed by atoms with Crippen molar-refractivity contribution in [1.29, 1.82) is 5.26 Å². The number of carbonyl (C=O) groups excluding carboxylic acids is 1. The van der Waals surface area contributed by atoms with E-state index in [0.29, 0.717) is 13.0 Å². The summed E-state index contributed by atoms with van der Waals surface area (Å²) < 4.78 is 5.49. The van der Waals surface area contributed by atoms with Gasteiger partial charge in [0.25, 0.3) is 0 Å². The quantitative estimate of drug-likeness (QED) is 0.796. The van der Waals surface area contributed by atoms with Crippen molar-refractivity contribution in [2.75, 3.05) is 20.7 Å². The second-order valence-corrected chi connectivity index (χ2v) is 4.16. The number of nitrogens with zero attached hydrogens (tertiary/aromatic N) is 2. The highest BCUT2D eigenvalue weighted by atomic mass is 16.5. The number of benzene rings is 1. The summed E-state index contributed by atoms with van der Waals surface area (Å²) in [4.78, 5) is 13.3. The Morgan fingerprint density at radius 2 is 2.11 bits per heavy atom. The number of rotatable bonds is 5. The largest absolute Gasteiger partial charge is 0.494 e. The number of nitriles is 1. The SMILES string of the molecule is CCOc1ccccc1CC(C#N)C(=O)N(C)C. The van der Waals surface area contributed by atoms with Crippen molar-refractivity contribution in [2.45, 2.75) is 13.3 Å². The molecule has 18 heavy (non-hydrogen) atoms. The molecule has 1 amide bonds. The fraction of sp³-hybridized carbons (Fsp3) is 0.429. The maximum atomic E-state index is 11.8. The smallest absolute Gasteiger partial charge is 0.239 e. The van der Waals surface area contributed by atoms with E-state index < -0.39 is 5.92 Å². The summed E-state index contributed by atoms with van der Waals surface area (Å²) >= 11 is 0. The van der Waals surface area contributed by atoms with Gasteiger partial charge in [-0.3, -0.25) is 4.79 Å². The van der Waals surface area contributed by atoms with E-state index in [1.54, 1.807) is 14.1 Å². The average Bonchev–Trinajstić information content (AvgIpc) is 2.37. The zero-order valence-corrected chi connectivity index (χ0v) is 11.0. The summed E-state index contributed by atoms with van der Waals surface area (Å²) in [5, 5.41) is 9.09. The van der Waals surface area contributed by atoms with E-state index in [1.165, 1.54) is 4.90 Å². The van der Waals surface area contributed by atoms with Gasteiger partial charge in [-0.1, -0.05) is 18.2 Å². The van der Waals surface area contributed by atoms with Crippen LogP contribution in [0.25, 0.3) is 0 Å². The monoisotopic (exact) mass is 246 g/mol. The average molecular weight is 246 g/mol. The van der Waals surface area contributed by atoms with E-state index in [1.807, 2.05) is 31.2 Å². The minimum atomic E-state index is -0.665. The fourth-order valence-electron chi connectivity index (χ4n) is 1.69. The van der Waals surface area contributed by atoms with Gasteiger partial charge in [0, 0.05) is 20.5 Å². The third-order valence-corrected chi connectivity index (χ3v) is 2.59. The van der Waals surface area contributed by atoms with Gasteiger partial charge in [-0.15, -0.1) is 0 Å². The Labute approximate surface area is 108 Å². The van der Waals surface area contributed by atoms with E-state index in [0.717, 1.165) is 11.3 Å². The third-order valence-electron chi connectivity index (χ3n) is 2.59. The van der Waals surface area contributed by atoms with Crippen LogP contribution in [-0.4, -0.2) is 31.5 Å². The van der Waals surface area contributed by atoms with Gasteiger partial charge in [-0.25, -0.2) is 0 Å². The Balaban J connectivity index is 2.89. The van der Waals surface area contributed by atoms with Crippen LogP contribution >= 0.6 is 0 Å². The first-order valence-electron chi connectivity index (χ1n) is 5.91. The van der Waals surface area contributed by atoms with Crippen molar-refractivity contribution in [3.05, 3.63) is 29.8 Å². The molecule has 0 fully saturated rings. The minimum absolute atomic E-state index is 0.177. The first-order valence-corrected chi connectivity index (χ1v) is 5.91. The number of ether oxygens (including phenoxy) is 1. The van der Waals surface area contributed by atoms with Crippen molar-refractivity contribution < 1.29 is 9.53 Å². The zero-order valence-electron chi connectivity index (χ0n) is 11.0. The molecule has 4 heteroatoms. The predicted octanol–water partition coefficient (Wildman–Crippen LogP) is 1.86. The van der Waals surface area contributed by atoms with Crippen molar-refractivity contribution >= 4 is 5.91 Å². The number of hydrogen-bond donors (Lipinski definition) is 0. The van der Waals surface area contributed by atoms with E-state index in [2.05, 4.69) is 6.07 Å². The molecule has 1 atom stereocenters. The standard InChI is InChI=1S/C14H18N2O2/c1-4-18-13-8-6-5-7-11(13)9-12(10-15)14(17)16(2)3/h5-8,12H,4,9H2,1-3H3. The molecule has 0 spiro atoms. The molecule has 96 valence electrons. The van der Waals surface area contributed by atoms with Gasteiger partial charge in [-0.2, -0.15) is 5.26 Å². The second-order valence-electron chi connectivity index (χ2n) is 4.16. The summed E-state index contributed by atoms with van der Waals surface area (Å²) in [6.45, 7) is 2.47. The predicted molar refractivity (Wildman–Crippen MR) is 69.1 cm³/mol. The molecule has 0 bridgehead atoms. The highest BCUT2D eigenvalue weighted by molar-refractivity contribution is 5.81. The van der Waals surface area contributed by atoms with Crippen LogP contribution in [0.5, 0.6) is 5.75 Å². The zero-order chi connectivity index (χ0) is 13.5. The highest BCUT2D eigenvalue weighted by Gasteiger charge is 2.21. The van der Waals surface area contributed by atoms with Crippen LogP contribution < -0.4 is 4.74 Å². The molecule has 0 aliphatic heterocycles. The maximum absolute atomic E-state index is 11.8. The fourth-order valence-corrected chi connectivity index (χ4v) is 1.69. The summed E-state index contributed by atoms with van der Waals surface area (Å²) in [6.07, 6.45) is 0.379. The van der Waals surface area contributed by atoms with E-state index in [4.69, 9.17) is 10.00 Å². The van der Waals surface area contributed by atoms with Crippen LogP contribution in [0.4, 0.5) is 0 Å². The molecule has 0 saturated heterocycles. The number of amides is 1. The Morgan fingerprint density at radius 1 is 1.44 bits per heavy atom. The molecule has 0 radical (unpaired) electrons. The van der Waals surface area contributed by atoms with E-state index >= 15 is 0 Å². The van der Waals surface area contributed by atoms with Crippen LogP contribution in [-0.2, 0) is 11.2 Å². The molecule has 1 aromatic rings. The summed E-state index contributed by atoms with van der Waals surface area (Å²) in [7, 11) is 3.31. The molecule has 0 aliphatic carbocycles. The van der Waals surface area contributed by atoms with Gasteiger partial charge < -0.3 is 9.64 Å². The molecule has 0 N–H and O–H groups in total. The normalized spacial score (nSPS) is 11.4. The van der Waals surface area contributed by atoms with E-state index in [-0.39, 0.29) is 5.91 Å². The lowest BCUT2D eigenvalue weighted by molar-refractivity contribution is -0.131. The molecule has 0 heterocycles. The number of para-hydroxylation sites is 1. The van der Waals surface area contributed by atoms with Crippen LogP contribution in [0.2, 0.25) is 0 Å². The molecule has 1 rings (SSSR count). The van der Waals surface area contributed by atoms with Crippen molar-refractivity contribution in [3.8, 4) is 11.8 Å². The van der Waals surface area contributed by atoms with Gasteiger partial charge in [0.15, 0.2) is 0 Å². The number of carbonyl (C=O) groups is 1. The molecule has 0 saturated carbocycles. The Morgan fingerprint density at radius 3 is 2.67 bits per heavy atom. The van der Waals surface area contributed by atoms with E-state index in [9.17, 15) is 4.79 Å². The molecule has 1 unspecified atom stereocenters. The first kappa shape index (κ1) is 14.0. The van der Waals surface area contributed by atoms with Crippen LogP contribution in [0, 0.1) is 17.2 Å². The number of hydrogen-bond acceptors (Lipinski definition) is 3. The van der Waals surface area contributed by atoms with Gasteiger partial charge in [0.2, 0.25) is 5.91 Å². The summed E-state index contributed by atoms with van der Waals surface area (Å²) in [6, 6.07) is 9.56. The first-order chi connectivity index (χ1) is 8.60. The molecular weight excluding hydrogens is 228 g/mol. The van der Waals surface area contributed by atoms with Crippen LogP contribution in [0.3, 0.4) is 0 Å². The van der Waals surface area contributed by atoms with Gasteiger partial charge in [-0.05, 0) is 18.6 Å². The molecule has 4 nitrogen and oxygen atoms in total. The molecule has 0 aromatic heterocycles. The Bertz CT molecular complexity index is 449. The highest BCUT2D eigenvalue weighted by Crippen LogP contribution is 2.21. The van der Waals surface area contributed by atoms with Crippen LogP contribution in [0.1, 0.15) is 12.5 Å².